The molecule has 0 aliphatic rings. The number of carboxylic acids is 1. The molecule has 0 radical (unpaired) electrons. The summed E-state index contributed by atoms with van der Waals surface area (Å²) >= 11 is 0. The number of hydrogen-bond donors (Lipinski definition) is 1. The molecule has 1 N–H and O–H groups in total. The zero-order chi connectivity index (χ0) is 16.1. The van der Waals surface area contributed by atoms with Gasteiger partial charge < -0.3 is 10.0 Å². The number of hydrogen-bond acceptors (Lipinski definition) is 2. The zero-order valence-electron chi connectivity index (χ0n) is 12.8. The molecule has 0 aliphatic heterocycles. The van der Waals surface area contributed by atoms with E-state index in [-0.39, 0.29) is 12.2 Å². The van der Waals surface area contributed by atoms with Crippen molar-refractivity contribution in [3.8, 4) is 0 Å². The molecule has 22 heavy (non-hydrogen) atoms. The number of nitrogens with zero attached hydrogens (tertiary/aromatic N) is 1. The molecule has 2 aromatic rings. The summed E-state index contributed by atoms with van der Waals surface area (Å²) in [6.07, 6.45) is 0.0443. The van der Waals surface area contributed by atoms with E-state index in [4.69, 9.17) is 5.11 Å². The SMILES string of the molecule is Cc1cccc(N(CCC(=O)O)Cc2cccc(F)c2)c1C. The summed E-state index contributed by atoms with van der Waals surface area (Å²) in [6.45, 7) is 4.91. The fourth-order valence-corrected chi connectivity index (χ4v) is 2.45. The minimum absolute atomic E-state index is 0.0443. The van der Waals surface area contributed by atoms with Gasteiger partial charge >= 0.3 is 5.97 Å². The molecule has 0 aliphatic carbocycles. The van der Waals surface area contributed by atoms with E-state index in [1.807, 2.05) is 43.0 Å². The molecule has 0 saturated carbocycles. The van der Waals surface area contributed by atoms with Crippen LogP contribution in [0.2, 0.25) is 0 Å². The van der Waals surface area contributed by atoms with Crippen LogP contribution < -0.4 is 4.90 Å². The normalized spacial score (nSPS) is 10.5. The lowest BCUT2D eigenvalue weighted by atomic mass is 10.1. The van der Waals surface area contributed by atoms with Gasteiger partial charge in [-0.15, -0.1) is 0 Å². The number of carboxylic acid groups (broad SMARTS) is 1. The predicted molar refractivity (Wildman–Crippen MR) is 85.6 cm³/mol. The fourth-order valence-electron chi connectivity index (χ4n) is 2.45. The van der Waals surface area contributed by atoms with Gasteiger partial charge in [-0.2, -0.15) is 0 Å². The molecule has 2 rings (SSSR count). The highest BCUT2D eigenvalue weighted by atomic mass is 19.1. The standard InChI is InChI=1S/C18H20FNO2/c1-13-5-3-8-17(14(13)2)20(10-9-18(21)22)12-15-6-4-7-16(19)11-15/h3-8,11H,9-10,12H2,1-2H3,(H,21,22). The molecule has 0 unspecified atom stereocenters. The zero-order valence-corrected chi connectivity index (χ0v) is 12.8. The first kappa shape index (κ1) is 16.0. The van der Waals surface area contributed by atoms with Crippen LogP contribution in [0.3, 0.4) is 0 Å². The second-order valence-electron chi connectivity index (χ2n) is 5.41. The number of aryl methyl sites for hydroxylation is 1. The average molecular weight is 301 g/mol. The molecule has 0 heterocycles. The van der Waals surface area contributed by atoms with Gasteiger partial charge in [0.15, 0.2) is 0 Å². The highest BCUT2D eigenvalue weighted by Crippen LogP contribution is 2.25. The summed E-state index contributed by atoms with van der Waals surface area (Å²) in [6, 6.07) is 12.4. The van der Waals surface area contributed by atoms with Crippen molar-refractivity contribution in [2.24, 2.45) is 0 Å². The van der Waals surface area contributed by atoms with E-state index in [0.29, 0.717) is 13.1 Å². The van der Waals surface area contributed by atoms with Gasteiger partial charge in [-0.05, 0) is 48.7 Å². The largest absolute Gasteiger partial charge is 0.481 e. The molecule has 116 valence electrons. The van der Waals surface area contributed by atoms with Crippen LogP contribution in [0.25, 0.3) is 0 Å². The minimum Gasteiger partial charge on any atom is -0.481 e. The highest BCUT2D eigenvalue weighted by Gasteiger charge is 2.13. The molecule has 0 atom stereocenters. The van der Waals surface area contributed by atoms with Crippen LogP contribution in [-0.2, 0) is 11.3 Å². The molecule has 0 fully saturated rings. The number of carbonyl (C=O) groups is 1. The Kier molecular flexibility index (Phi) is 5.15. The van der Waals surface area contributed by atoms with E-state index in [0.717, 1.165) is 22.4 Å². The summed E-state index contributed by atoms with van der Waals surface area (Å²) in [4.78, 5) is 12.9. The summed E-state index contributed by atoms with van der Waals surface area (Å²) in [5.41, 5.74) is 4.08. The van der Waals surface area contributed by atoms with E-state index in [2.05, 4.69) is 0 Å². The van der Waals surface area contributed by atoms with E-state index in [1.165, 1.54) is 12.1 Å². The van der Waals surface area contributed by atoms with Crippen LogP contribution in [0.15, 0.2) is 42.5 Å². The average Bonchev–Trinajstić information content (AvgIpc) is 2.46. The van der Waals surface area contributed by atoms with Crippen molar-refractivity contribution in [2.75, 3.05) is 11.4 Å². The van der Waals surface area contributed by atoms with Crippen LogP contribution in [0.5, 0.6) is 0 Å². The van der Waals surface area contributed by atoms with Crippen LogP contribution in [0.4, 0.5) is 10.1 Å². The quantitative estimate of drug-likeness (QED) is 0.879. The Morgan fingerprint density at radius 1 is 1.18 bits per heavy atom. The number of anilines is 1. The smallest absolute Gasteiger partial charge is 0.305 e. The summed E-state index contributed by atoms with van der Waals surface area (Å²) in [5, 5.41) is 8.96. The maximum Gasteiger partial charge on any atom is 0.305 e. The Labute approximate surface area is 130 Å². The topological polar surface area (TPSA) is 40.5 Å². The Bertz CT molecular complexity index is 670. The molecule has 2 aromatic carbocycles. The highest BCUT2D eigenvalue weighted by molar-refractivity contribution is 5.68. The first-order chi connectivity index (χ1) is 10.5. The van der Waals surface area contributed by atoms with Gasteiger partial charge in [-0.25, -0.2) is 4.39 Å². The number of aliphatic carboxylic acids is 1. The van der Waals surface area contributed by atoms with Crippen molar-refractivity contribution in [2.45, 2.75) is 26.8 Å². The maximum absolute atomic E-state index is 13.4. The molecular weight excluding hydrogens is 281 g/mol. The third-order valence-corrected chi connectivity index (χ3v) is 3.77. The third-order valence-electron chi connectivity index (χ3n) is 3.77. The molecule has 0 spiro atoms. The minimum atomic E-state index is -0.838. The van der Waals surface area contributed by atoms with Crippen molar-refractivity contribution < 1.29 is 14.3 Å². The monoisotopic (exact) mass is 301 g/mol. The van der Waals surface area contributed by atoms with Gasteiger partial charge in [0.05, 0.1) is 6.42 Å². The lowest BCUT2D eigenvalue weighted by Gasteiger charge is -2.27. The molecule has 0 amide bonds. The maximum atomic E-state index is 13.4. The van der Waals surface area contributed by atoms with Crippen molar-refractivity contribution in [3.63, 3.8) is 0 Å². The van der Waals surface area contributed by atoms with Gasteiger partial charge in [0, 0.05) is 18.8 Å². The fraction of sp³-hybridized carbons (Fsp3) is 0.278. The first-order valence-electron chi connectivity index (χ1n) is 7.25. The predicted octanol–water partition coefficient (Wildman–Crippen LogP) is 3.92. The Morgan fingerprint density at radius 3 is 2.59 bits per heavy atom. The molecule has 0 saturated heterocycles. The Hall–Kier alpha value is -2.36. The first-order valence-corrected chi connectivity index (χ1v) is 7.25. The van der Waals surface area contributed by atoms with E-state index >= 15 is 0 Å². The lowest BCUT2D eigenvalue weighted by Crippen LogP contribution is -2.26. The van der Waals surface area contributed by atoms with Gasteiger partial charge in [0.1, 0.15) is 5.82 Å². The van der Waals surface area contributed by atoms with Crippen molar-refractivity contribution in [1.29, 1.82) is 0 Å². The van der Waals surface area contributed by atoms with E-state index in [9.17, 15) is 9.18 Å². The summed E-state index contributed by atoms with van der Waals surface area (Å²) < 4.78 is 13.4. The van der Waals surface area contributed by atoms with Crippen LogP contribution in [0, 0.1) is 19.7 Å². The lowest BCUT2D eigenvalue weighted by molar-refractivity contribution is -0.136. The summed E-state index contributed by atoms with van der Waals surface area (Å²) in [5.74, 6) is -1.12. The number of rotatable bonds is 6. The van der Waals surface area contributed by atoms with Crippen molar-refractivity contribution in [3.05, 3.63) is 65.0 Å². The third kappa shape index (κ3) is 4.07. The number of benzene rings is 2. The molecular formula is C18H20FNO2. The molecule has 3 nitrogen and oxygen atoms in total. The Morgan fingerprint density at radius 2 is 1.91 bits per heavy atom. The summed E-state index contributed by atoms with van der Waals surface area (Å²) in [7, 11) is 0. The van der Waals surface area contributed by atoms with Crippen LogP contribution >= 0.6 is 0 Å². The van der Waals surface area contributed by atoms with Gasteiger partial charge in [0.25, 0.3) is 0 Å². The van der Waals surface area contributed by atoms with Gasteiger partial charge in [0.2, 0.25) is 0 Å². The second-order valence-corrected chi connectivity index (χ2v) is 5.41. The number of halogens is 1. The van der Waals surface area contributed by atoms with Crippen LogP contribution in [0.1, 0.15) is 23.1 Å². The Balaban J connectivity index is 2.29. The molecule has 0 bridgehead atoms. The second kappa shape index (κ2) is 7.07. The van der Waals surface area contributed by atoms with Crippen molar-refractivity contribution in [1.82, 2.24) is 0 Å². The van der Waals surface area contributed by atoms with E-state index < -0.39 is 5.97 Å². The van der Waals surface area contributed by atoms with Crippen LogP contribution in [-0.4, -0.2) is 17.6 Å². The molecule has 0 aromatic heterocycles. The van der Waals surface area contributed by atoms with Crippen molar-refractivity contribution >= 4 is 11.7 Å². The molecule has 4 heteroatoms. The van der Waals surface area contributed by atoms with E-state index in [1.54, 1.807) is 6.07 Å². The van der Waals surface area contributed by atoms with Gasteiger partial charge in [-0.3, -0.25) is 4.79 Å². The van der Waals surface area contributed by atoms with Gasteiger partial charge in [-0.1, -0.05) is 24.3 Å².